The molecule has 3 rings (SSSR count). The molecule has 0 saturated carbocycles. The number of carboxylic acids is 1. The quantitative estimate of drug-likeness (QED) is 0.724. The minimum atomic E-state index is -1.25. The molecule has 7 heteroatoms. The van der Waals surface area contributed by atoms with Crippen LogP contribution in [-0.2, 0) is 0 Å². The number of hydrogen-bond donors (Lipinski definition) is 2. The Morgan fingerprint density at radius 3 is 2.64 bits per heavy atom. The summed E-state index contributed by atoms with van der Waals surface area (Å²) in [7, 11) is 0. The largest absolute Gasteiger partial charge is 0.476 e. The van der Waals surface area contributed by atoms with E-state index in [0.717, 1.165) is 4.68 Å². The van der Waals surface area contributed by atoms with Gasteiger partial charge in [0.2, 0.25) is 0 Å². The fourth-order valence-corrected chi connectivity index (χ4v) is 2.16. The van der Waals surface area contributed by atoms with Gasteiger partial charge in [-0.1, -0.05) is 29.5 Å². The van der Waals surface area contributed by atoms with E-state index in [1.807, 2.05) is 0 Å². The van der Waals surface area contributed by atoms with E-state index in [4.69, 9.17) is 5.73 Å². The van der Waals surface area contributed by atoms with Gasteiger partial charge in [0.05, 0.1) is 0 Å². The molecule has 110 valence electrons. The van der Waals surface area contributed by atoms with Crippen molar-refractivity contribution in [3.8, 4) is 16.9 Å². The van der Waals surface area contributed by atoms with E-state index in [-0.39, 0.29) is 17.1 Å². The highest BCUT2D eigenvalue weighted by molar-refractivity contribution is 5.93. The second-order valence-corrected chi connectivity index (χ2v) is 4.58. The van der Waals surface area contributed by atoms with Crippen molar-refractivity contribution >= 4 is 11.7 Å². The number of anilines is 1. The van der Waals surface area contributed by atoms with Crippen LogP contribution in [0.2, 0.25) is 0 Å². The molecule has 0 amide bonds. The van der Waals surface area contributed by atoms with E-state index in [1.54, 1.807) is 30.3 Å². The van der Waals surface area contributed by atoms with Gasteiger partial charge < -0.3 is 10.8 Å². The van der Waals surface area contributed by atoms with Gasteiger partial charge in [0.25, 0.3) is 0 Å². The number of rotatable bonds is 3. The van der Waals surface area contributed by atoms with E-state index in [1.165, 1.54) is 18.2 Å². The summed E-state index contributed by atoms with van der Waals surface area (Å²) in [5, 5.41) is 16.7. The molecular formula is C15H11FN4O2. The molecular weight excluding hydrogens is 287 g/mol. The number of carboxylic acid groups (broad SMARTS) is 1. The first kappa shape index (κ1) is 13.7. The number of para-hydroxylation sites is 1. The van der Waals surface area contributed by atoms with Crippen molar-refractivity contribution in [1.82, 2.24) is 15.0 Å². The van der Waals surface area contributed by atoms with Gasteiger partial charge in [-0.2, -0.15) is 0 Å². The lowest BCUT2D eigenvalue weighted by atomic mass is 10.1. The number of aromatic nitrogens is 3. The molecule has 0 saturated heterocycles. The van der Waals surface area contributed by atoms with E-state index >= 15 is 0 Å². The topological polar surface area (TPSA) is 94.0 Å². The average Bonchev–Trinajstić information content (AvgIpc) is 2.92. The standard InChI is InChI=1S/C15H11FN4O2/c16-11-6-1-2-7-12(11)20-14(13(15(21)22)18-19-20)9-4-3-5-10(17)8-9/h1-8H,17H2,(H,21,22). The molecule has 0 aliphatic rings. The highest BCUT2D eigenvalue weighted by Crippen LogP contribution is 2.27. The Labute approximate surface area is 124 Å². The Morgan fingerprint density at radius 2 is 1.95 bits per heavy atom. The average molecular weight is 298 g/mol. The van der Waals surface area contributed by atoms with Crippen molar-refractivity contribution in [2.24, 2.45) is 0 Å². The number of halogens is 1. The predicted octanol–water partition coefficient (Wildman–Crippen LogP) is 2.35. The highest BCUT2D eigenvalue weighted by Gasteiger charge is 2.22. The number of aromatic carboxylic acids is 1. The monoisotopic (exact) mass is 298 g/mol. The maximum Gasteiger partial charge on any atom is 0.358 e. The van der Waals surface area contributed by atoms with Gasteiger partial charge >= 0.3 is 5.97 Å². The Balaban J connectivity index is 2.29. The summed E-state index contributed by atoms with van der Waals surface area (Å²) in [5.74, 6) is -1.78. The van der Waals surface area contributed by atoms with Gasteiger partial charge in [-0.15, -0.1) is 5.10 Å². The van der Waals surface area contributed by atoms with Crippen LogP contribution >= 0.6 is 0 Å². The fourth-order valence-electron chi connectivity index (χ4n) is 2.16. The molecule has 0 aliphatic carbocycles. The zero-order valence-electron chi connectivity index (χ0n) is 11.3. The third kappa shape index (κ3) is 2.28. The van der Waals surface area contributed by atoms with Crippen LogP contribution in [0, 0.1) is 5.82 Å². The molecule has 0 unspecified atom stereocenters. The van der Waals surface area contributed by atoms with Crippen LogP contribution in [0.4, 0.5) is 10.1 Å². The van der Waals surface area contributed by atoms with E-state index in [2.05, 4.69) is 10.3 Å². The fraction of sp³-hybridized carbons (Fsp3) is 0. The van der Waals surface area contributed by atoms with Gasteiger partial charge in [0, 0.05) is 11.3 Å². The number of nitrogen functional groups attached to an aromatic ring is 1. The van der Waals surface area contributed by atoms with Crippen LogP contribution in [0.1, 0.15) is 10.5 Å². The highest BCUT2D eigenvalue weighted by atomic mass is 19.1. The summed E-state index contributed by atoms with van der Waals surface area (Å²) in [6, 6.07) is 12.5. The van der Waals surface area contributed by atoms with Crippen LogP contribution in [0.15, 0.2) is 48.5 Å². The zero-order valence-corrected chi connectivity index (χ0v) is 11.3. The van der Waals surface area contributed by atoms with Crippen molar-refractivity contribution in [3.63, 3.8) is 0 Å². The molecule has 0 spiro atoms. The van der Waals surface area contributed by atoms with E-state index in [0.29, 0.717) is 11.3 Å². The van der Waals surface area contributed by atoms with Crippen LogP contribution in [0.3, 0.4) is 0 Å². The lowest BCUT2D eigenvalue weighted by molar-refractivity contribution is 0.0691. The molecule has 1 heterocycles. The van der Waals surface area contributed by atoms with Crippen LogP contribution < -0.4 is 5.73 Å². The maximum atomic E-state index is 14.0. The van der Waals surface area contributed by atoms with Crippen molar-refractivity contribution in [2.75, 3.05) is 5.73 Å². The second kappa shape index (κ2) is 5.28. The summed E-state index contributed by atoms with van der Waals surface area (Å²) in [4.78, 5) is 11.4. The normalized spacial score (nSPS) is 10.6. The zero-order chi connectivity index (χ0) is 15.7. The minimum Gasteiger partial charge on any atom is -0.476 e. The molecule has 6 nitrogen and oxygen atoms in total. The van der Waals surface area contributed by atoms with Crippen LogP contribution in [0.25, 0.3) is 16.9 Å². The number of hydrogen-bond acceptors (Lipinski definition) is 4. The van der Waals surface area contributed by atoms with Crippen molar-refractivity contribution in [1.29, 1.82) is 0 Å². The van der Waals surface area contributed by atoms with Gasteiger partial charge in [0.15, 0.2) is 5.69 Å². The van der Waals surface area contributed by atoms with Gasteiger partial charge in [0.1, 0.15) is 17.2 Å². The maximum absolute atomic E-state index is 14.0. The molecule has 0 radical (unpaired) electrons. The molecule has 3 N–H and O–H groups in total. The lowest BCUT2D eigenvalue weighted by Gasteiger charge is -2.08. The Bertz CT molecular complexity index is 860. The Morgan fingerprint density at radius 1 is 1.18 bits per heavy atom. The molecule has 0 fully saturated rings. The second-order valence-electron chi connectivity index (χ2n) is 4.58. The summed E-state index contributed by atoms with van der Waals surface area (Å²) >= 11 is 0. The molecule has 2 aromatic carbocycles. The minimum absolute atomic E-state index is 0.111. The third-order valence-corrected chi connectivity index (χ3v) is 3.11. The summed E-state index contributed by atoms with van der Waals surface area (Å²) in [6.45, 7) is 0. The SMILES string of the molecule is Nc1cccc(-c2c(C(=O)O)nnn2-c2ccccc2F)c1. The number of carbonyl (C=O) groups is 1. The summed E-state index contributed by atoms with van der Waals surface area (Å²) in [6.07, 6.45) is 0. The molecule has 3 aromatic rings. The Kier molecular flexibility index (Phi) is 3.30. The molecule has 0 bridgehead atoms. The number of nitrogens with two attached hydrogens (primary N) is 1. The van der Waals surface area contributed by atoms with Crippen LogP contribution in [0.5, 0.6) is 0 Å². The number of benzene rings is 2. The first-order valence-electron chi connectivity index (χ1n) is 6.37. The molecule has 22 heavy (non-hydrogen) atoms. The predicted molar refractivity (Wildman–Crippen MR) is 78.1 cm³/mol. The lowest BCUT2D eigenvalue weighted by Crippen LogP contribution is -2.05. The third-order valence-electron chi connectivity index (χ3n) is 3.11. The van der Waals surface area contributed by atoms with E-state index in [9.17, 15) is 14.3 Å². The first-order chi connectivity index (χ1) is 10.6. The molecule has 1 aromatic heterocycles. The van der Waals surface area contributed by atoms with Gasteiger partial charge in [-0.05, 0) is 24.3 Å². The first-order valence-corrected chi connectivity index (χ1v) is 6.37. The molecule has 0 aliphatic heterocycles. The van der Waals surface area contributed by atoms with Crippen molar-refractivity contribution < 1.29 is 14.3 Å². The summed E-state index contributed by atoms with van der Waals surface area (Å²) in [5.41, 5.74) is 6.70. The van der Waals surface area contributed by atoms with Gasteiger partial charge in [-0.3, -0.25) is 0 Å². The number of nitrogens with zero attached hydrogens (tertiary/aromatic N) is 3. The van der Waals surface area contributed by atoms with Crippen LogP contribution in [-0.4, -0.2) is 26.1 Å². The van der Waals surface area contributed by atoms with E-state index < -0.39 is 11.8 Å². The summed E-state index contributed by atoms with van der Waals surface area (Å²) < 4.78 is 15.2. The van der Waals surface area contributed by atoms with Gasteiger partial charge in [-0.25, -0.2) is 13.9 Å². The Hall–Kier alpha value is -3.22. The van der Waals surface area contributed by atoms with Crippen molar-refractivity contribution in [2.45, 2.75) is 0 Å². The van der Waals surface area contributed by atoms with Crippen molar-refractivity contribution in [3.05, 3.63) is 60.0 Å². The molecule has 0 atom stereocenters. The smallest absolute Gasteiger partial charge is 0.358 e.